The minimum absolute atomic E-state index is 0.125. The van der Waals surface area contributed by atoms with Gasteiger partial charge in [-0.15, -0.1) is 11.3 Å². The maximum atomic E-state index is 12.7. The van der Waals surface area contributed by atoms with E-state index in [1.165, 1.54) is 11.3 Å². The van der Waals surface area contributed by atoms with E-state index in [0.29, 0.717) is 27.7 Å². The number of carbonyl (C=O) groups is 2. The Hall–Kier alpha value is -1.93. The first kappa shape index (κ1) is 21.8. The summed E-state index contributed by atoms with van der Waals surface area (Å²) in [6, 6.07) is 12.5. The molecule has 152 valence electrons. The van der Waals surface area contributed by atoms with Gasteiger partial charge in [-0.05, 0) is 63.5 Å². The van der Waals surface area contributed by atoms with Crippen molar-refractivity contribution in [2.75, 3.05) is 32.5 Å². The lowest BCUT2D eigenvalue weighted by atomic mass is 10.2. The molecule has 2 aromatic carbocycles. The van der Waals surface area contributed by atoms with Crippen LogP contribution >= 0.6 is 38.9 Å². The number of nitrogens with zero attached hydrogens (tertiary/aromatic N) is 1. The zero-order valence-corrected chi connectivity index (χ0v) is 19.2. The molecule has 0 unspecified atom stereocenters. The van der Waals surface area contributed by atoms with Crippen molar-refractivity contribution < 1.29 is 9.59 Å². The van der Waals surface area contributed by atoms with Gasteiger partial charge < -0.3 is 15.5 Å². The molecule has 1 heterocycles. The second-order valence-corrected chi connectivity index (χ2v) is 9.18. The lowest BCUT2D eigenvalue weighted by Gasteiger charge is -2.10. The minimum Gasteiger partial charge on any atom is -0.352 e. The summed E-state index contributed by atoms with van der Waals surface area (Å²) in [6.07, 6.45) is 0.888. The molecule has 3 aromatic rings. The first-order chi connectivity index (χ1) is 13.8. The van der Waals surface area contributed by atoms with Gasteiger partial charge >= 0.3 is 0 Å². The van der Waals surface area contributed by atoms with Gasteiger partial charge in [0.05, 0.1) is 5.02 Å². The summed E-state index contributed by atoms with van der Waals surface area (Å²) in [6.45, 7) is 1.54. The average Bonchev–Trinajstić information content (AvgIpc) is 3.01. The van der Waals surface area contributed by atoms with Gasteiger partial charge in [-0.25, -0.2) is 0 Å². The molecule has 0 aliphatic carbocycles. The molecule has 0 saturated heterocycles. The molecule has 1 aromatic heterocycles. The number of benzene rings is 2. The van der Waals surface area contributed by atoms with Gasteiger partial charge in [0.1, 0.15) is 4.88 Å². The molecular formula is C21H21BrClN3O2S. The molecule has 0 spiro atoms. The van der Waals surface area contributed by atoms with Gasteiger partial charge in [0.15, 0.2) is 0 Å². The van der Waals surface area contributed by atoms with Crippen molar-refractivity contribution in [3.05, 3.63) is 62.4 Å². The van der Waals surface area contributed by atoms with Crippen molar-refractivity contribution in [1.82, 2.24) is 10.2 Å². The summed E-state index contributed by atoms with van der Waals surface area (Å²) >= 11 is 11.2. The second kappa shape index (κ2) is 9.71. The van der Waals surface area contributed by atoms with Gasteiger partial charge in [0.2, 0.25) is 0 Å². The molecule has 5 nitrogen and oxygen atoms in total. The molecule has 0 aliphatic heterocycles. The molecule has 2 N–H and O–H groups in total. The Morgan fingerprint density at radius 2 is 1.83 bits per heavy atom. The fourth-order valence-electron chi connectivity index (χ4n) is 2.78. The Morgan fingerprint density at radius 3 is 2.52 bits per heavy atom. The maximum Gasteiger partial charge on any atom is 0.267 e. The van der Waals surface area contributed by atoms with Crippen LogP contribution in [0.3, 0.4) is 0 Å². The van der Waals surface area contributed by atoms with Crippen LogP contribution in [0.25, 0.3) is 10.1 Å². The molecule has 0 saturated carbocycles. The van der Waals surface area contributed by atoms with Crippen LogP contribution in [0.4, 0.5) is 5.69 Å². The van der Waals surface area contributed by atoms with Crippen molar-refractivity contribution in [3.63, 3.8) is 0 Å². The van der Waals surface area contributed by atoms with Gasteiger partial charge in [0.25, 0.3) is 11.8 Å². The number of thiophene rings is 1. The van der Waals surface area contributed by atoms with Crippen LogP contribution in [0.15, 0.2) is 46.9 Å². The summed E-state index contributed by atoms with van der Waals surface area (Å²) in [5.41, 5.74) is 1.16. The normalized spacial score (nSPS) is 11.1. The molecular weight excluding hydrogens is 474 g/mol. The molecule has 0 aliphatic rings. The Balaban J connectivity index is 1.63. The van der Waals surface area contributed by atoms with Crippen LogP contribution in [-0.2, 0) is 0 Å². The highest BCUT2D eigenvalue weighted by atomic mass is 79.9. The van der Waals surface area contributed by atoms with Crippen molar-refractivity contribution in [2.45, 2.75) is 6.42 Å². The van der Waals surface area contributed by atoms with Gasteiger partial charge in [-0.3, -0.25) is 9.59 Å². The molecule has 8 heteroatoms. The van der Waals surface area contributed by atoms with E-state index >= 15 is 0 Å². The van der Waals surface area contributed by atoms with E-state index in [4.69, 9.17) is 11.6 Å². The van der Waals surface area contributed by atoms with E-state index in [9.17, 15) is 9.59 Å². The first-order valence-corrected chi connectivity index (χ1v) is 11.1. The summed E-state index contributed by atoms with van der Waals surface area (Å²) in [4.78, 5) is 27.4. The lowest BCUT2D eigenvalue weighted by molar-refractivity contribution is 0.0951. The number of amides is 2. The van der Waals surface area contributed by atoms with E-state index in [2.05, 4.69) is 31.5 Å². The molecule has 3 rings (SSSR count). The monoisotopic (exact) mass is 493 g/mol. The van der Waals surface area contributed by atoms with Crippen LogP contribution in [0, 0.1) is 0 Å². The Kier molecular flexibility index (Phi) is 7.29. The molecule has 0 bridgehead atoms. The van der Waals surface area contributed by atoms with E-state index in [1.54, 1.807) is 24.3 Å². The fraction of sp³-hybridized carbons (Fsp3) is 0.238. The predicted molar refractivity (Wildman–Crippen MR) is 124 cm³/mol. The van der Waals surface area contributed by atoms with Crippen LogP contribution in [0.2, 0.25) is 5.02 Å². The molecule has 0 atom stereocenters. The van der Waals surface area contributed by atoms with Crippen molar-refractivity contribution in [1.29, 1.82) is 0 Å². The number of hydrogen-bond acceptors (Lipinski definition) is 4. The van der Waals surface area contributed by atoms with Gasteiger partial charge in [-0.2, -0.15) is 0 Å². The van der Waals surface area contributed by atoms with Crippen LogP contribution in [0.5, 0.6) is 0 Å². The SMILES string of the molecule is CN(C)CCCNC(=O)c1ccc(NC(=O)c2sc3cc(Br)ccc3c2Cl)cc1. The average molecular weight is 495 g/mol. The third-order valence-electron chi connectivity index (χ3n) is 4.27. The number of anilines is 1. The highest BCUT2D eigenvalue weighted by Gasteiger charge is 2.17. The van der Waals surface area contributed by atoms with Crippen molar-refractivity contribution in [3.8, 4) is 0 Å². The smallest absolute Gasteiger partial charge is 0.267 e. The third kappa shape index (κ3) is 5.57. The number of fused-ring (bicyclic) bond motifs is 1. The van der Waals surface area contributed by atoms with Crippen molar-refractivity contribution in [2.24, 2.45) is 0 Å². The van der Waals surface area contributed by atoms with E-state index in [1.807, 2.05) is 32.3 Å². The topological polar surface area (TPSA) is 61.4 Å². The number of hydrogen-bond donors (Lipinski definition) is 2. The Bertz CT molecular complexity index is 1030. The quantitative estimate of drug-likeness (QED) is 0.441. The maximum absolute atomic E-state index is 12.7. The zero-order valence-electron chi connectivity index (χ0n) is 16.1. The van der Waals surface area contributed by atoms with E-state index in [0.717, 1.165) is 27.5 Å². The molecule has 29 heavy (non-hydrogen) atoms. The lowest BCUT2D eigenvalue weighted by Crippen LogP contribution is -2.27. The Labute approximate surface area is 187 Å². The standard InChI is InChI=1S/C21H21BrClN3O2S/c1-26(2)11-3-10-24-20(27)13-4-7-15(8-5-13)25-21(28)19-18(23)16-9-6-14(22)12-17(16)29-19/h4-9,12H,3,10-11H2,1-2H3,(H,24,27)(H,25,28). The molecule has 2 amide bonds. The second-order valence-electron chi connectivity index (χ2n) is 6.83. The molecule has 0 fully saturated rings. The fourth-order valence-corrected chi connectivity index (χ4v) is 4.74. The number of rotatable bonds is 7. The molecule has 0 radical (unpaired) electrons. The van der Waals surface area contributed by atoms with E-state index in [-0.39, 0.29) is 11.8 Å². The predicted octanol–water partition coefficient (Wildman–Crippen LogP) is 5.25. The van der Waals surface area contributed by atoms with Crippen molar-refractivity contribution >= 4 is 66.5 Å². The van der Waals surface area contributed by atoms with Gasteiger partial charge in [-0.1, -0.05) is 33.6 Å². The minimum atomic E-state index is -0.270. The van der Waals surface area contributed by atoms with Gasteiger partial charge in [0, 0.05) is 32.4 Å². The summed E-state index contributed by atoms with van der Waals surface area (Å²) < 4.78 is 1.88. The number of halogens is 2. The zero-order chi connectivity index (χ0) is 21.0. The summed E-state index contributed by atoms with van der Waals surface area (Å²) in [5, 5.41) is 7.04. The highest BCUT2D eigenvalue weighted by Crippen LogP contribution is 2.37. The first-order valence-electron chi connectivity index (χ1n) is 9.07. The van der Waals surface area contributed by atoms with Crippen LogP contribution in [-0.4, -0.2) is 43.9 Å². The number of nitrogens with one attached hydrogen (secondary N) is 2. The summed E-state index contributed by atoms with van der Waals surface area (Å²) in [5.74, 6) is -0.395. The van der Waals surface area contributed by atoms with Crippen LogP contribution in [0.1, 0.15) is 26.5 Å². The largest absolute Gasteiger partial charge is 0.352 e. The summed E-state index contributed by atoms with van der Waals surface area (Å²) in [7, 11) is 4.00. The van der Waals surface area contributed by atoms with Crippen LogP contribution < -0.4 is 10.6 Å². The highest BCUT2D eigenvalue weighted by molar-refractivity contribution is 9.10. The third-order valence-corrected chi connectivity index (χ3v) is 6.42. The van der Waals surface area contributed by atoms with E-state index < -0.39 is 0 Å². The Morgan fingerprint density at radius 1 is 1.10 bits per heavy atom. The number of carbonyl (C=O) groups excluding carboxylic acids is 2.